The van der Waals surface area contributed by atoms with Gasteiger partial charge < -0.3 is 20.1 Å². The molecule has 2 N–H and O–H groups in total. The maximum atomic E-state index is 12.2. The van der Waals surface area contributed by atoms with Gasteiger partial charge in [-0.25, -0.2) is 0 Å². The fourth-order valence-corrected chi connectivity index (χ4v) is 2.40. The average molecular weight is 276 g/mol. The summed E-state index contributed by atoms with van der Waals surface area (Å²) in [6.07, 6.45) is 2.09. The van der Waals surface area contributed by atoms with Crippen LogP contribution in [0.2, 0.25) is 0 Å². The number of carbonyl (C=O) groups is 2. The third-order valence-electron chi connectivity index (χ3n) is 3.41. The summed E-state index contributed by atoms with van der Waals surface area (Å²) in [5, 5.41) is 5.52. The molecule has 6 heteroatoms. The Morgan fingerprint density at radius 1 is 1.45 bits per heavy atom. The third kappa shape index (κ3) is 2.60. The van der Waals surface area contributed by atoms with Crippen LogP contribution < -0.4 is 15.4 Å². The molecule has 106 valence electrons. The molecule has 1 aromatic rings. The van der Waals surface area contributed by atoms with Gasteiger partial charge in [-0.15, -0.1) is 0 Å². The molecule has 2 aliphatic heterocycles. The first-order valence-electron chi connectivity index (χ1n) is 6.69. The number of nitrogens with one attached hydrogen (secondary N) is 2. The highest BCUT2D eigenvalue weighted by Gasteiger charge is 2.23. The predicted octanol–water partition coefficient (Wildman–Crippen LogP) is 0.926. The Hall–Kier alpha value is -2.08. The summed E-state index contributed by atoms with van der Waals surface area (Å²) in [4.78, 5) is 23.6. The minimum absolute atomic E-state index is 0.0199. The van der Waals surface area contributed by atoms with Crippen LogP contribution in [0.5, 0.6) is 5.75 Å². The van der Waals surface area contributed by atoms with Gasteiger partial charge in [0.1, 0.15) is 5.75 Å². The van der Waals surface area contributed by atoms with Crippen molar-refractivity contribution in [3.8, 4) is 5.75 Å². The molecule has 1 atom stereocenters. The van der Waals surface area contributed by atoms with E-state index in [1.165, 1.54) is 0 Å². The van der Waals surface area contributed by atoms with Crippen molar-refractivity contribution in [3.05, 3.63) is 23.8 Å². The van der Waals surface area contributed by atoms with Gasteiger partial charge in [-0.2, -0.15) is 0 Å². The standard InChI is InChI=1S/C14H16N2O4/c17-12-8-20-11-5-1-4-10(13(11)16-12)14(18)15-7-9-3-2-6-19-9/h1,4-5,9H,2-3,6-8H2,(H,15,18)(H,16,17). The number of hydrogen-bond donors (Lipinski definition) is 2. The van der Waals surface area contributed by atoms with E-state index in [1.54, 1.807) is 18.2 Å². The van der Waals surface area contributed by atoms with Crippen molar-refractivity contribution in [1.82, 2.24) is 5.32 Å². The fourth-order valence-electron chi connectivity index (χ4n) is 2.40. The number of rotatable bonds is 3. The minimum Gasteiger partial charge on any atom is -0.482 e. The Balaban J connectivity index is 1.72. The highest BCUT2D eigenvalue weighted by molar-refractivity contribution is 6.06. The van der Waals surface area contributed by atoms with Crippen LogP contribution in [0.15, 0.2) is 18.2 Å². The molecule has 2 amide bonds. The lowest BCUT2D eigenvalue weighted by molar-refractivity contribution is -0.118. The second-order valence-corrected chi connectivity index (χ2v) is 4.86. The van der Waals surface area contributed by atoms with Crippen molar-refractivity contribution in [2.75, 3.05) is 25.1 Å². The molecule has 0 bridgehead atoms. The van der Waals surface area contributed by atoms with Crippen LogP contribution in [0.3, 0.4) is 0 Å². The summed E-state index contributed by atoms with van der Waals surface area (Å²) in [6.45, 7) is 1.22. The molecular weight excluding hydrogens is 260 g/mol. The van der Waals surface area contributed by atoms with Crippen LogP contribution in [0.25, 0.3) is 0 Å². The van der Waals surface area contributed by atoms with E-state index in [0.29, 0.717) is 23.5 Å². The molecule has 3 rings (SSSR count). The van der Waals surface area contributed by atoms with Crippen molar-refractivity contribution in [2.45, 2.75) is 18.9 Å². The Morgan fingerprint density at radius 3 is 3.15 bits per heavy atom. The van der Waals surface area contributed by atoms with Gasteiger partial charge in [0, 0.05) is 13.2 Å². The van der Waals surface area contributed by atoms with Crippen molar-refractivity contribution < 1.29 is 19.1 Å². The number of amides is 2. The van der Waals surface area contributed by atoms with Crippen LogP contribution in [-0.2, 0) is 9.53 Å². The van der Waals surface area contributed by atoms with E-state index in [2.05, 4.69) is 10.6 Å². The minimum atomic E-state index is -0.253. The summed E-state index contributed by atoms with van der Waals surface area (Å²) in [5.41, 5.74) is 0.849. The molecule has 1 aromatic carbocycles. The zero-order chi connectivity index (χ0) is 13.9. The monoisotopic (exact) mass is 276 g/mol. The molecule has 0 radical (unpaired) electrons. The van der Waals surface area contributed by atoms with Crippen LogP contribution in [0.1, 0.15) is 23.2 Å². The van der Waals surface area contributed by atoms with Gasteiger partial charge in [0.05, 0.1) is 17.4 Å². The quantitative estimate of drug-likeness (QED) is 0.861. The maximum absolute atomic E-state index is 12.2. The number of para-hydroxylation sites is 1. The first-order chi connectivity index (χ1) is 9.74. The number of carbonyl (C=O) groups excluding carboxylic acids is 2. The molecule has 1 saturated heterocycles. The zero-order valence-electron chi connectivity index (χ0n) is 11.0. The molecular formula is C14H16N2O4. The van der Waals surface area contributed by atoms with Gasteiger partial charge in [0.2, 0.25) is 0 Å². The van der Waals surface area contributed by atoms with Crippen molar-refractivity contribution in [1.29, 1.82) is 0 Å². The van der Waals surface area contributed by atoms with Crippen LogP contribution >= 0.6 is 0 Å². The van der Waals surface area contributed by atoms with Crippen LogP contribution in [-0.4, -0.2) is 37.7 Å². The second-order valence-electron chi connectivity index (χ2n) is 4.86. The number of hydrogen-bond acceptors (Lipinski definition) is 4. The Morgan fingerprint density at radius 2 is 2.35 bits per heavy atom. The van der Waals surface area contributed by atoms with Crippen LogP contribution in [0, 0.1) is 0 Å². The van der Waals surface area contributed by atoms with E-state index in [4.69, 9.17) is 9.47 Å². The van der Waals surface area contributed by atoms with Gasteiger partial charge in [-0.3, -0.25) is 9.59 Å². The largest absolute Gasteiger partial charge is 0.482 e. The number of benzene rings is 1. The second kappa shape index (κ2) is 5.50. The number of fused-ring (bicyclic) bond motifs is 1. The highest BCUT2D eigenvalue weighted by Crippen LogP contribution is 2.31. The first-order valence-corrected chi connectivity index (χ1v) is 6.69. The van der Waals surface area contributed by atoms with E-state index in [1.807, 2.05) is 0 Å². The van der Waals surface area contributed by atoms with Crippen molar-refractivity contribution >= 4 is 17.5 Å². The fraction of sp³-hybridized carbons (Fsp3) is 0.429. The van der Waals surface area contributed by atoms with Crippen LogP contribution in [0.4, 0.5) is 5.69 Å². The summed E-state index contributed by atoms with van der Waals surface area (Å²) < 4.78 is 10.7. The molecule has 6 nitrogen and oxygen atoms in total. The Kier molecular flexibility index (Phi) is 3.56. The Bertz CT molecular complexity index is 538. The van der Waals surface area contributed by atoms with Gasteiger partial charge in [-0.1, -0.05) is 6.07 Å². The van der Waals surface area contributed by atoms with Gasteiger partial charge in [-0.05, 0) is 25.0 Å². The van der Waals surface area contributed by atoms with E-state index < -0.39 is 0 Å². The smallest absolute Gasteiger partial charge is 0.262 e. The molecule has 1 unspecified atom stereocenters. The van der Waals surface area contributed by atoms with Gasteiger partial charge >= 0.3 is 0 Å². The summed E-state index contributed by atoms with van der Waals surface area (Å²) >= 11 is 0. The van der Waals surface area contributed by atoms with E-state index in [0.717, 1.165) is 19.4 Å². The van der Waals surface area contributed by atoms with Gasteiger partial charge in [0.25, 0.3) is 11.8 Å². The lowest BCUT2D eigenvalue weighted by Gasteiger charge is -2.20. The lowest BCUT2D eigenvalue weighted by atomic mass is 10.1. The maximum Gasteiger partial charge on any atom is 0.262 e. The molecule has 0 spiro atoms. The van der Waals surface area contributed by atoms with E-state index >= 15 is 0 Å². The molecule has 0 aliphatic carbocycles. The highest BCUT2D eigenvalue weighted by atomic mass is 16.5. The Labute approximate surface area is 116 Å². The van der Waals surface area contributed by atoms with Gasteiger partial charge in [0.15, 0.2) is 6.61 Å². The summed E-state index contributed by atoms with van der Waals surface area (Å²) in [6, 6.07) is 5.13. The summed E-state index contributed by atoms with van der Waals surface area (Å²) in [7, 11) is 0. The summed E-state index contributed by atoms with van der Waals surface area (Å²) in [5.74, 6) is 0.0365. The first kappa shape index (κ1) is 12.9. The number of ether oxygens (including phenoxy) is 2. The van der Waals surface area contributed by atoms with E-state index in [-0.39, 0.29) is 24.5 Å². The molecule has 0 aromatic heterocycles. The molecule has 20 heavy (non-hydrogen) atoms. The molecule has 2 heterocycles. The number of anilines is 1. The van der Waals surface area contributed by atoms with E-state index in [9.17, 15) is 9.59 Å². The average Bonchev–Trinajstić information content (AvgIpc) is 2.97. The topological polar surface area (TPSA) is 76.7 Å². The van der Waals surface area contributed by atoms with Crippen molar-refractivity contribution in [3.63, 3.8) is 0 Å². The lowest BCUT2D eigenvalue weighted by Crippen LogP contribution is -2.33. The predicted molar refractivity (Wildman–Crippen MR) is 71.9 cm³/mol. The molecule has 0 saturated carbocycles. The zero-order valence-corrected chi connectivity index (χ0v) is 11.0. The third-order valence-corrected chi connectivity index (χ3v) is 3.41. The normalized spacial score (nSPS) is 20.8. The molecule has 1 fully saturated rings. The van der Waals surface area contributed by atoms with Crippen molar-refractivity contribution in [2.24, 2.45) is 0 Å². The molecule has 2 aliphatic rings. The SMILES string of the molecule is O=C1COc2cccc(C(=O)NCC3CCCO3)c2N1.